The monoisotopic (exact) mass is 268 g/mol. The summed E-state index contributed by atoms with van der Waals surface area (Å²) in [4.78, 5) is 8.34. The van der Waals surface area contributed by atoms with Gasteiger partial charge in [0, 0.05) is 18.0 Å². The lowest BCUT2D eigenvalue weighted by atomic mass is 10.2. The number of hydrogen-bond acceptors (Lipinski definition) is 6. The number of rotatable bonds is 3. The number of ether oxygens (including phenoxy) is 1. The Morgan fingerprint density at radius 1 is 1.15 bits per heavy atom. The molecule has 0 aliphatic rings. The van der Waals surface area contributed by atoms with Crippen molar-refractivity contribution >= 4 is 5.69 Å². The van der Waals surface area contributed by atoms with Crippen molar-refractivity contribution in [3.63, 3.8) is 0 Å². The second kappa shape index (κ2) is 5.00. The van der Waals surface area contributed by atoms with Gasteiger partial charge in [-0.2, -0.15) is 4.98 Å². The molecule has 3 rings (SSSR count). The van der Waals surface area contributed by atoms with Crippen molar-refractivity contribution in [2.24, 2.45) is 0 Å². The highest BCUT2D eigenvalue weighted by Crippen LogP contribution is 2.24. The van der Waals surface area contributed by atoms with E-state index >= 15 is 0 Å². The van der Waals surface area contributed by atoms with E-state index < -0.39 is 0 Å². The Hall–Kier alpha value is -2.89. The Balaban J connectivity index is 1.97. The predicted molar refractivity (Wildman–Crippen MR) is 73.9 cm³/mol. The number of nitrogens with two attached hydrogens (primary N) is 1. The maximum atomic E-state index is 5.68. The molecule has 2 N–H and O–H groups in total. The molecule has 0 saturated heterocycles. The van der Waals surface area contributed by atoms with E-state index in [-0.39, 0.29) is 0 Å². The summed E-state index contributed by atoms with van der Waals surface area (Å²) in [5, 5.41) is 3.96. The maximum absolute atomic E-state index is 5.68. The second-order valence-electron chi connectivity index (χ2n) is 4.16. The number of anilines is 1. The maximum Gasteiger partial charge on any atom is 0.259 e. The first-order valence-electron chi connectivity index (χ1n) is 5.95. The van der Waals surface area contributed by atoms with Crippen molar-refractivity contribution in [1.29, 1.82) is 0 Å². The van der Waals surface area contributed by atoms with Crippen molar-refractivity contribution in [3.05, 3.63) is 42.7 Å². The largest absolute Gasteiger partial charge is 0.497 e. The van der Waals surface area contributed by atoms with Crippen LogP contribution in [-0.4, -0.2) is 22.2 Å². The average molecular weight is 268 g/mol. The fraction of sp³-hybridized carbons (Fsp3) is 0.0714. The smallest absolute Gasteiger partial charge is 0.259 e. The van der Waals surface area contributed by atoms with Crippen LogP contribution in [0.4, 0.5) is 5.69 Å². The summed E-state index contributed by atoms with van der Waals surface area (Å²) in [5.41, 5.74) is 7.73. The summed E-state index contributed by atoms with van der Waals surface area (Å²) in [6.07, 6.45) is 3.18. The standard InChI is InChI=1S/C14H12N4O2/c1-19-12-4-2-3-9(6-12)13-17-14(20-18-13)10-5-11(15)8-16-7-10/h2-8H,15H2,1H3. The van der Waals surface area contributed by atoms with Gasteiger partial charge in [-0.1, -0.05) is 17.3 Å². The van der Waals surface area contributed by atoms with Crippen molar-refractivity contribution in [3.8, 4) is 28.6 Å². The van der Waals surface area contributed by atoms with Crippen molar-refractivity contribution < 1.29 is 9.26 Å². The Morgan fingerprint density at radius 2 is 2.05 bits per heavy atom. The lowest BCUT2D eigenvalue weighted by Crippen LogP contribution is -1.88. The number of nitrogens with zero attached hydrogens (tertiary/aromatic N) is 3. The molecule has 0 fully saturated rings. The number of nitrogen functional groups attached to an aromatic ring is 1. The van der Waals surface area contributed by atoms with Crippen LogP contribution in [-0.2, 0) is 0 Å². The van der Waals surface area contributed by atoms with Crippen LogP contribution in [0.3, 0.4) is 0 Å². The summed E-state index contributed by atoms with van der Waals surface area (Å²) < 4.78 is 10.4. The van der Waals surface area contributed by atoms with Gasteiger partial charge in [0.2, 0.25) is 5.82 Å². The van der Waals surface area contributed by atoms with Gasteiger partial charge in [0.05, 0.1) is 18.4 Å². The summed E-state index contributed by atoms with van der Waals surface area (Å²) >= 11 is 0. The lowest BCUT2D eigenvalue weighted by molar-refractivity contribution is 0.414. The van der Waals surface area contributed by atoms with E-state index in [1.807, 2.05) is 24.3 Å². The van der Waals surface area contributed by atoms with E-state index in [1.165, 1.54) is 0 Å². The fourth-order valence-electron chi connectivity index (χ4n) is 1.79. The molecule has 0 saturated carbocycles. The van der Waals surface area contributed by atoms with Crippen molar-refractivity contribution in [2.75, 3.05) is 12.8 Å². The lowest BCUT2D eigenvalue weighted by Gasteiger charge is -1.99. The molecule has 0 amide bonds. The van der Waals surface area contributed by atoms with E-state index in [1.54, 1.807) is 25.6 Å². The average Bonchev–Trinajstić information content (AvgIpc) is 2.97. The van der Waals surface area contributed by atoms with E-state index in [4.69, 9.17) is 15.0 Å². The van der Waals surface area contributed by atoms with E-state index in [2.05, 4.69) is 15.1 Å². The molecular weight excluding hydrogens is 256 g/mol. The van der Waals surface area contributed by atoms with Crippen molar-refractivity contribution in [2.45, 2.75) is 0 Å². The SMILES string of the molecule is COc1cccc(-c2noc(-c3cncc(N)c3)n2)c1. The highest BCUT2D eigenvalue weighted by Gasteiger charge is 2.11. The molecule has 6 heteroatoms. The van der Waals surface area contributed by atoms with Gasteiger partial charge in [0.1, 0.15) is 5.75 Å². The van der Waals surface area contributed by atoms with Gasteiger partial charge in [-0.05, 0) is 18.2 Å². The number of methoxy groups -OCH3 is 1. The molecule has 20 heavy (non-hydrogen) atoms. The molecule has 0 aliphatic heterocycles. The topological polar surface area (TPSA) is 87.1 Å². The van der Waals surface area contributed by atoms with Crippen LogP contribution in [0.25, 0.3) is 22.8 Å². The molecule has 0 spiro atoms. The second-order valence-corrected chi connectivity index (χ2v) is 4.16. The fourth-order valence-corrected chi connectivity index (χ4v) is 1.79. The number of benzene rings is 1. The Morgan fingerprint density at radius 3 is 2.85 bits per heavy atom. The zero-order valence-electron chi connectivity index (χ0n) is 10.8. The van der Waals surface area contributed by atoms with Gasteiger partial charge in [-0.15, -0.1) is 0 Å². The quantitative estimate of drug-likeness (QED) is 0.784. The molecule has 3 aromatic rings. The third-order valence-electron chi connectivity index (χ3n) is 2.76. The van der Waals surface area contributed by atoms with E-state index in [0.29, 0.717) is 23.0 Å². The predicted octanol–water partition coefficient (Wildman–Crippen LogP) is 2.39. The van der Waals surface area contributed by atoms with Gasteiger partial charge in [0.15, 0.2) is 0 Å². The van der Waals surface area contributed by atoms with Crippen LogP contribution in [0, 0.1) is 0 Å². The summed E-state index contributed by atoms with van der Waals surface area (Å²) in [6.45, 7) is 0. The van der Waals surface area contributed by atoms with Crippen LogP contribution >= 0.6 is 0 Å². The third kappa shape index (κ3) is 2.31. The number of pyridine rings is 1. The molecule has 0 atom stereocenters. The molecule has 1 aromatic carbocycles. The normalized spacial score (nSPS) is 10.4. The number of aromatic nitrogens is 3. The molecule has 0 bridgehead atoms. The third-order valence-corrected chi connectivity index (χ3v) is 2.76. The minimum atomic E-state index is 0.377. The number of hydrogen-bond donors (Lipinski definition) is 1. The molecule has 0 radical (unpaired) electrons. The van der Waals surface area contributed by atoms with Gasteiger partial charge >= 0.3 is 0 Å². The summed E-state index contributed by atoms with van der Waals surface area (Å²) in [5.74, 6) is 1.60. The van der Waals surface area contributed by atoms with Gasteiger partial charge in [0.25, 0.3) is 5.89 Å². The molecule has 0 unspecified atom stereocenters. The molecule has 100 valence electrons. The Bertz CT molecular complexity index is 739. The van der Waals surface area contributed by atoms with E-state index in [9.17, 15) is 0 Å². The van der Waals surface area contributed by atoms with Gasteiger partial charge in [-0.3, -0.25) is 4.98 Å². The molecule has 0 aliphatic carbocycles. The highest BCUT2D eigenvalue weighted by molar-refractivity contribution is 5.62. The Labute approximate surface area is 115 Å². The van der Waals surface area contributed by atoms with Crippen LogP contribution in [0.5, 0.6) is 5.75 Å². The zero-order chi connectivity index (χ0) is 13.9. The van der Waals surface area contributed by atoms with Crippen LogP contribution in [0.15, 0.2) is 47.2 Å². The highest BCUT2D eigenvalue weighted by atomic mass is 16.5. The van der Waals surface area contributed by atoms with Crippen molar-refractivity contribution in [1.82, 2.24) is 15.1 Å². The summed E-state index contributed by atoms with van der Waals surface area (Å²) in [7, 11) is 1.61. The molecule has 2 heterocycles. The molecule has 2 aromatic heterocycles. The van der Waals surface area contributed by atoms with Crippen LogP contribution in [0.2, 0.25) is 0 Å². The zero-order valence-corrected chi connectivity index (χ0v) is 10.8. The van der Waals surface area contributed by atoms with Crippen LogP contribution in [0.1, 0.15) is 0 Å². The van der Waals surface area contributed by atoms with Gasteiger partial charge in [-0.25, -0.2) is 0 Å². The van der Waals surface area contributed by atoms with Crippen LogP contribution < -0.4 is 10.5 Å². The summed E-state index contributed by atoms with van der Waals surface area (Å²) in [6, 6.07) is 9.18. The molecular formula is C14H12N4O2. The van der Waals surface area contributed by atoms with E-state index in [0.717, 1.165) is 11.3 Å². The minimum Gasteiger partial charge on any atom is -0.497 e. The first kappa shape index (κ1) is 12.2. The minimum absolute atomic E-state index is 0.377. The van der Waals surface area contributed by atoms with Gasteiger partial charge < -0.3 is 15.0 Å². The first-order valence-corrected chi connectivity index (χ1v) is 5.95. The molecule has 6 nitrogen and oxygen atoms in total. The Kier molecular flexibility index (Phi) is 3.04. The first-order chi connectivity index (χ1) is 9.76.